The predicted octanol–water partition coefficient (Wildman–Crippen LogP) is 5.87. The molecule has 3 rings (SSSR count). The van der Waals surface area contributed by atoms with Gasteiger partial charge in [0.25, 0.3) is 0 Å². The molecule has 0 saturated carbocycles. The Kier molecular flexibility index (Phi) is 3.83. The monoisotopic (exact) mass is 281 g/mol. The van der Waals surface area contributed by atoms with Gasteiger partial charge >= 0.3 is 0 Å². The van der Waals surface area contributed by atoms with Crippen LogP contribution in [0.1, 0.15) is 38.2 Å². The Labute approximate surface area is 124 Å². The largest absolute Gasteiger partial charge is 0.245 e. The van der Waals surface area contributed by atoms with Crippen LogP contribution in [0.3, 0.4) is 0 Å². The number of hydrogen-bond acceptors (Lipinski definition) is 2. The Bertz CT molecular complexity index is 693. The van der Waals surface area contributed by atoms with Crippen molar-refractivity contribution in [1.29, 1.82) is 0 Å². The van der Waals surface area contributed by atoms with Gasteiger partial charge in [0, 0.05) is 0 Å². The zero-order chi connectivity index (χ0) is 13.9. The molecule has 2 heteroatoms. The van der Waals surface area contributed by atoms with Gasteiger partial charge in [-0.05, 0) is 47.6 Å². The fourth-order valence-corrected chi connectivity index (χ4v) is 3.46. The third kappa shape index (κ3) is 2.48. The van der Waals surface area contributed by atoms with Gasteiger partial charge < -0.3 is 0 Å². The third-order valence-corrected chi connectivity index (χ3v) is 4.82. The summed E-state index contributed by atoms with van der Waals surface area (Å²) in [7, 11) is 0. The zero-order valence-corrected chi connectivity index (χ0v) is 12.8. The van der Waals surface area contributed by atoms with E-state index in [4.69, 9.17) is 0 Å². The molecule has 1 heterocycles. The minimum atomic E-state index is 0.688. The molecular formula is C18H19NS. The van der Waals surface area contributed by atoms with E-state index in [1.54, 1.807) is 11.3 Å². The summed E-state index contributed by atoms with van der Waals surface area (Å²) in [6.45, 7) is 4.53. The quantitative estimate of drug-likeness (QED) is 0.583. The van der Waals surface area contributed by atoms with E-state index in [0.717, 1.165) is 5.52 Å². The molecule has 0 radical (unpaired) electrons. The molecular weight excluding hydrogens is 262 g/mol. The van der Waals surface area contributed by atoms with Crippen LogP contribution in [-0.4, -0.2) is 4.98 Å². The van der Waals surface area contributed by atoms with Crippen molar-refractivity contribution in [3.05, 3.63) is 53.5 Å². The van der Waals surface area contributed by atoms with Gasteiger partial charge in [0.2, 0.25) is 0 Å². The van der Waals surface area contributed by atoms with Gasteiger partial charge in [-0.2, -0.15) is 0 Å². The van der Waals surface area contributed by atoms with Gasteiger partial charge in [-0.1, -0.05) is 44.2 Å². The van der Waals surface area contributed by atoms with E-state index in [9.17, 15) is 0 Å². The van der Waals surface area contributed by atoms with Crippen molar-refractivity contribution in [3.63, 3.8) is 0 Å². The molecule has 1 nitrogen and oxygen atoms in total. The molecule has 0 aliphatic carbocycles. The van der Waals surface area contributed by atoms with Gasteiger partial charge in [0.15, 0.2) is 0 Å². The zero-order valence-electron chi connectivity index (χ0n) is 12.0. The Hall–Kier alpha value is -1.67. The smallest absolute Gasteiger partial charge is 0.0812 e. The van der Waals surface area contributed by atoms with Gasteiger partial charge in [0.05, 0.1) is 15.7 Å². The molecule has 0 unspecified atom stereocenters. The number of nitrogens with zero attached hydrogens (tertiary/aromatic N) is 1. The van der Waals surface area contributed by atoms with E-state index in [1.165, 1.54) is 34.2 Å². The summed E-state index contributed by atoms with van der Waals surface area (Å²) in [4.78, 5) is 4.33. The molecule has 3 aromatic rings. The van der Waals surface area contributed by atoms with Crippen LogP contribution >= 0.6 is 11.3 Å². The minimum Gasteiger partial charge on any atom is -0.245 e. The summed E-state index contributed by atoms with van der Waals surface area (Å²) in [5.74, 6) is 0.688. The lowest BCUT2D eigenvalue weighted by atomic mass is 9.92. The molecule has 0 bridgehead atoms. The Balaban J connectivity index is 1.93. The number of rotatable bonds is 4. The van der Waals surface area contributed by atoms with Crippen molar-refractivity contribution in [2.45, 2.75) is 32.6 Å². The second kappa shape index (κ2) is 5.76. The molecule has 0 aliphatic heterocycles. The Morgan fingerprint density at radius 3 is 2.35 bits per heavy atom. The lowest BCUT2D eigenvalue weighted by Gasteiger charge is -2.13. The molecule has 0 atom stereocenters. The molecule has 0 N–H and O–H groups in total. The van der Waals surface area contributed by atoms with Crippen molar-refractivity contribution in [1.82, 2.24) is 4.98 Å². The number of benzene rings is 2. The molecule has 0 saturated heterocycles. The maximum Gasteiger partial charge on any atom is 0.0812 e. The molecule has 1 aromatic heterocycles. The minimum absolute atomic E-state index is 0.688. The average molecular weight is 281 g/mol. The first-order valence-corrected chi connectivity index (χ1v) is 8.13. The van der Waals surface area contributed by atoms with Gasteiger partial charge in [-0.15, -0.1) is 11.3 Å². The van der Waals surface area contributed by atoms with E-state index < -0.39 is 0 Å². The van der Waals surface area contributed by atoms with E-state index in [0.29, 0.717) is 5.92 Å². The van der Waals surface area contributed by atoms with Crippen molar-refractivity contribution in [3.8, 4) is 11.1 Å². The highest BCUT2D eigenvalue weighted by Gasteiger charge is 2.07. The van der Waals surface area contributed by atoms with Crippen LogP contribution in [0.2, 0.25) is 0 Å². The lowest BCUT2D eigenvalue weighted by molar-refractivity contribution is 0.642. The normalized spacial score (nSPS) is 11.3. The first kappa shape index (κ1) is 13.3. The fraction of sp³-hybridized carbons (Fsp3) is 0.278. The van der Waals surface area contributed by atoms with Crippen molar-refractivity contribution in [2.75, 3.05) is 0 Å². The van der Waals surface area contributed by atoms with Crippen molar-refractivity contribution in [2.24, 2.45) is 0 Å². The second-order valence-electron chi connectivity index (χ2n) is 5.17. The highest BCUT2D eigenvalue weighted by Crippen LogP contribution is 2.29. The van der Waals surface area contributed by atoms with Crippen LogP contribution in [0.25, 0.3) is 21.3 Å². The van der Waals surface area contributed by atoms with Gasteiger partial charge in [-0.25, -0.2) is 4.98 Å². The van der Waals surface area contributed by atoms with E-state index in [1.807, 2.05) is 5.51 Å². The number of thiazole rings is 1. The third-order valence-electron chi connectivity index (χ3n) is 4.03. The molecule has 2 aromatic carbocycles. The summed E-state index contributed by atoms with van der Waals surface area (Å²) >= 11 is 1.70. The number of fused-ring (bicyclic) bond motifs is 1. The van der Waals surface area contributed by atoms with Gasteiger partial charge in [-0.3, -0.25) is 0 Å². The predicted molar refractivity (Wildman–Crippen MR) is 88.4 cm³/mol. The summed E-state index contributed by atoms with van der Waals surface area (Å²) in [6, 6.07) is 15.6. The molecule has 102 valence electrons. The topological polar surface area (TPSA) is 12.9 Å². The van der Waals surface area contributed by atoms with Crippen molar-refractivity contribution >= 4 is 21.6 Å². The van der Waals surface area contributed by atoms with Crippen LogP contribution in [0.5, 0.6) is 0 Å². The summed E-state index contributed by atoms with van der Waals surface area (Å²) in [5, 5.41) is 0. The number of aromatic nitrogens is 1. The molecule has 0 spiro atoms. The van der Waals surface area contributed by atoms with Crippen LogP contribution in [0.4, 0.5) is 0 Å². The van der Waals surface area contributed by atoms with Crippen molar-refractivity contribution < 1.29 is 0 Å². The maximum absolute atomic E-state index is 4.33. The van der Waals surface area contributed by atoms with Crippen LogP contribution in [0.15, 0.2) is 48.0 Å². The molecule has 20 heavy (non-hydrogen) atoms. The fourth-order valence-electron chi connectivity index (χ4n) is 2.74. The molecule has 0 amide bonds. The van der Waals surface area contributed by atoms with E-state index >= 15 is 0 Å². The number of hydrogen-bond donors (Lipinski definition) is 0. The Morgan fingerprint density at radius 2 is 1.65 bits per heavy atom. The Morgan fingerprint density at radius 1 is 0.950 bits per heavy atom. The average Bonchev–Trinajstić information content (AvgIpc) is 2.96. The maximum atomic E-state index is 4.33. The second-order valence-corrected chi connectivity index (χ2v) is 6.06. The molecule has 0 aliphatic rings. The highest BCUT2D eigenvalue weighted by atomic mass is 32.1. The standard InChI is InChI=1S/C18H19NS/c1-3-13(4-2)14-5-7-15(8-6-14)16-9-10-17-18(11-16)20-12-19-17/h5-13H,3-4H2,1-2H3. The van der Waals surface area contributed by atoms with Crippen LogP contribution < -0.4 is 0 Å². The SMILES string of the molecule is CCC(CC)c1ccc(-c2ccc3ncsc3c2)cc1. The summed E-state index contributed by atoms with van der Waals surface area (Å²) < 4.78 is 1.26. The van der Waals surface area contributed by atoms with Crippen LogP contribution in [-0.2, 0) is 0 Å². The summed E-state index contributed by atoms with van der Waals surface area (Å²) in [6.07, 6.45) is 2.42. The lowest BCUT2D eigenvalue weighted by Crippen LogP contribution is -1.94. The summed E-state index contributed by atoms with van der Waals surface area (Å²) in [5.41, 5.74) is 7.02. The van der Waals surface area contributed by atoms with Gasteiger partial charge in [0.1, 0.15) is 0 Å². The van der Waals surface area contributed by atoms with E-state index in [2.05, 4.69) is 61.3 Å². The molecule has 0 fully saturated rings. The highest BCUT2D eigenvalue weighted by molar-refractivity contribution is 7.16. The van der Waals surface area contributed by atoms with Crippen LogP contribution in [0, 0.1) is 0 Å². The van der Waals surface area contributed by atoms with E-state index in [-0.39, 0.29) is 0 Å². The first-order chi connectivity index (χ1) is 9.81. The first-order valence-electron chi connectivity index (χ1n) is 7.25.